The van der Waals surface area contributed by atoms with E-state index in [-0.39, 0.29) is 12.3 Å². The molecule has 0 amide bonds. The van der Waals surface area contributed by atoms with Gasteiger partial charge in [0.15, 0.2) is 0 Å². The highest BCUT2D eigenvalue weighted by molar-refractivity contribution is 6.31. The quantitative estimate of drug-likeness (QED) is 0.274. The number of halogens is 4. The maximum atomic E-state index is 12.9. The standard InChI is InChI=1S/C24H22ClF3N4O/c1-2-29-13-16-11-18(25)12-20(22(16)33)31-23-30-19-5-3-4-6-21(19)32(23)14-15-7-9-17(10-8-15)24(26,27)28/h3-12,29,33H,2,13-14H2,1H3,(H,30,31). The molecular formula is C24H22ClF3N4O. The third-order valence-corrected chi connectivity index (χ3v) is 5.46. The van der Waals surface area contributed by atoms with Crippen LogP contribution in [0.15, 0.2) is 60.7 Å². The largest absolute Gasteiger partial charge is 0.505 e. The average molecular weight is 475 g/mol. The molecule has 33 heavy (non-hydrogen) atoms. The van der Waals surface area contributed by atoms with Crippen LogP contribution in [0.25, 0.3) is 11.0 Å². The van der Waals surface area contributed by atoms with E-state index in [2.05, 4.69) is 15.6 Å². The van der Waals surface area contributed by atoms with Crippen molar-refractivity contribution < 1.29 is 18.3 Å². The van der Waals surface area contributed by atoms with Crippen molar-refractivity contribution in [2.75, 3.05) is 11.9 Å². The summed E-state index contributed by atoms with van der Waals surface area (Å²) in [5.41, 5.74) is 2.52. The average Bonchev–Trinajstić information content (AvgIpc) is 3.11. The Morgan fingerprint density at radius 3 is 2.48 bits per heavy atom. The van der Waals surface area contributed by atoms with Gasteiger partial charge in [0, 0.05) is 17.1 Å². The maximum Gasteiger partial charge on any atom is 0.416 e. The van der Waals surface area contributed by atoms with Crippen LogP contribution >= 0.6 is 11.6 Å². The van der Waals surface area contributed by atoms with E-state index in [1.54, 1.807) is 12.1 Å². The number of imidazole rings is 1. The Hall–Kier alpha value is -3.23. The number of rotatable bonds is 7. The Kier molecular flexibility index (Phi) is 6.49. The molecule has 1 aromatic heterocycles. The normalized spacial score (nSPS) is 11.8. The second-order valence-corrected chi connectivity index (χ2v) is 8.01. The Bertz CT molecular complexity index is 1270. The molecule has 0 aliphatic rings. The predicted molar refractivity (Wildman–Crippen MR) is 124 cm³/mol. The highest BCUT2D eigenvalue weighted by Gasteiger charge is 2.30. The van der Waals surface area contributed by atoms with Gasteiger partial charge in [-0.3, -0.25) is 0 Å². The lowest BCUT2D eigenvalue weighted by atomic mass is 10.1. The maximum absolute atomic E-state index is 12.9. The van der Waals surface area contributed by atoms with E-state index in [4.69, 9.17) is 11.6 Å². The number of hydrogen-bond acceptors (Lipinski definition) is 4. The minimum atomic E-state index is -4.39. The van der Waals surface area contributed by atoms with Crippen LogP contribution in [0.2, 0.25) is 5.02 Å². The molecule has 0 spiro atoms. The third-order valence-electron chi connectivity index (χ3n) is 5.24. The number of anilines is 2. The zero-order valence-corrected chi connectivity index (χ0v) is 18.5. The lowest BCUT2D eigenvalue weighted by Gasteiger charge is -2.15. The summed E-state index contributed by atoms with van der Waals surface area (Å²) in [6, 6.07) is 15.8. The summed E-state index contributed by atoms with van der Waals surface area (Å²) in [6.45, 7) is 3.42. The molecule has 3 N–H and O–H groups in total. The Balaban J connectivity index is 1.71. The summed E-state index contributed by atoms with van der Waals surface area (Å²) in [5.74, 6) is 0.483. The number of nitrogens with one attached hydrogen (secondary N) is 2. The number of aromatic nitrogens is 2. The van der Waals surface area contributed by atoms with Gasteiger partial charge >= 0.3 is 6.18 Å². The van der Waals surface area contributed by atoms with Gasteiger partial charge in [-0.15, -0.1) is 0 Å². The molecule has 4 rings (SSSR count). The fourth-order valence-electron chi connectivity index (χ4n) is 3.58. The molecule has 0 radical (unpaired) electrons. The lowest BCUT2D eigenvalue weighted by Crippen LogP contribution is -2.12. The second kappa shape index (κ2) is 9.33. The van der Waals surface area contributed by atoms with E-state index in [1.807, 2.05) is 35.8 Å². The van der Waals surface area contributed by atoms with Crippen molar-refractivity contribution in [1.29, 1.82) is 0 Å². The summed E-state index contributed by atoms with van der Waals surface area (Å²) >= 11 is 6.27. The molecule has 0 saturated heterocycles. The molecule has 0 atom stereocenters. The first-order valence-electron chi connectivity index (χ1n) is 10.4. The van der Waals surface area contributed by atoms with Gasteiger partial charge in [-0.25, -0.2) is 4.98 Å². The van der Waals surface area contributed by atoms with Gasteiger partial charge in [-0.1, -0.05) is 42.8 Å². The molecule has 3 aromatic carbocycles. The van der Waals surface area contributed by atoms with E-state index >= 15 is 0 Å². The van der Waals surface area contributed by atoms with E-state index in [0.717, 1.165) is 24.2 Å². The predicted octanol–water partition coefficient (Wildman–Crippen LogP) is 6.32. The molecule has 5 nitrogen and oxygen atoms in total. The summed E-state index contributed by atoms with van der Waals surface area (Å²) in [7, 11) is 0. The van der Waals surface area contributed by atoms with Crippen LogP contribution in [0.1, 0.15) is 23.6 Å². The van der Waals surface area contributed by atoms with Crippen LogP contribution in [0.4, 0.5) is 24.8 Å². The fraction of sp³-hybridized carbons (Fsp3) is 0.208. The van der Waals surface area contributed by atoms with Gasteiger partial charge < -0.3 is 20.3 Å². The summed E-state index contributed by atoms with van der Waals surface area (Å²) in [4.78, 5) is 4.63. The van der Waals surface area contributed by atoms with Crippen molar-refractivity contribution in [3.05, 3.63) is 82.4 Å². The van der Waals surface area contributed by atoms with Gasteiger partial charge in [0.2, 0.25) is 5.95 Å². The number of nitrogens with zero attached hydrogens (tertiary/aromatic N) is 2. The van der Waals surface area contributed by atoms with Crippen molar-refractivity contribution >= 4 is 34.3 Å². The molecule has 1 heterocycles. The van der Waals surface area contributed by atoms with Crippen molar-refractivity contribution in [3.8, 4) is 5.75 Å². The summed E-state index contributed by atoms with van der Waals surface area (Å²) in [5, 5.41) is 17.5. The van der Waals surface area contributed by atoms with Crippen LogP contribution in [-0.4, -0.2) is 21.2 Å². The third kappa shape index (κ3) is 5.07. The molecule has 0 bridgehead atoms. The van der Waals surface area contributed by atoms with Gasteiger partial charge in [-0.2, -0.15) is 13.2 Å². The van der Waals surface area contributed by atoms with Crippen molar-refractivity contribution in [2.45, 2.75) is 26.2 Å². The highest BCUT2D eigenvalue weighted by atomic mass is 35.5. The van der Waals surface area contributed by atoms with Crippen LogP contribution in [0.3, 0.4) is 0 Å². The zero-order chi connectivity index (χ0) is 23.6. The molecule has 4 aromatic rings. The topological polar surface area (TPSA) is 62.1 Å². The van der Waals surface area contributed by atoms with Gasteiger partial charge in [0.05, 0.1) is 28.8 Å². The van der Waals surface area contributed by atoms with Gasteiger partial charge in [-0.05, 0) is 48.5 Å². The van der Waals surface area contributed by atoms with E-state index in [1.165, 1.54) is 12.1 Å². The van der Waals surface area contributed by atoms with E-state index in [0.29, 0.717) is 39.8 Å². The second-order valence-electron chi connectivity index (χ2n) is 7.57. The molecule has 0 saturated carbocycles. The summed E-state index contributed by atoms with van der Waals surface area (Å²) < 4.78 is 40.6. The number of aromatic hydroxyl groups is 1. The Morgan fingerprint density at radius 1 is 1.06 bits per heavy atom. The van der Waals surface area contributed by atoms with Gasteiger partial charge in [0.25, 0.3) is 0 Å². The highest BCUT2D eigenvalue weighted by Crippen LogP contribution is 2.35. The zero-order valence-electron chi connectivity index (χ0n) is 17.7. The smallest absolute Gasteiger partial charge is 0.416 e. The molecular weight excluding hydrogens is 453 g/mol. The lowest BCUT2D eigenvalue weighted by molar-refractivity contribution is -0.137. The van der Waals surface area contributed by atoms with Crippen LogP contribution in [-0.2, 0) is 19.3 Å². The van der Waals surface area contributed by atoms with Crippen molar-refractivity contribution in [3.63, 3.8) is 0 Å². The SMILES string of the molecule is CCNCc1cc(Cl)cc(Nc2nc3ccccc3n2Cc2ccc(C(F)(F)F)cc2)c1O. The molecule has 0 fully saturated rings. The van der Waals surface area contributed by atoms with Crippen LogP contribution < -0.4 is 10.6 Å². The number of benzene rings is 3. The number of phenolic OH excluding ortho intramolecular Hbond substituents is 1. The number of fused-ring (bicyclic) bond motifs is 1. The van der Waals surface area contributed by atoms with Crippen LogP contribution in [0, 0.1) is 0 Å². The van der Waals surface area contributed by atoms with Gasteiger partial charge in [0.1, 0.15) is 5.75 Å². The van der Waals surface area contributed by atoms with Crippen molar-refractivity contribution in [1.82, 2.24) is 14.9 Å². The molecule has 9 heteroatoms. The number of hydrogen-bond donors (Lipinski definition) is 3. The molecule has 0 unspecified atom stereocenters. The molecule has 0 aliphatic carbocycles. The van der Waals surface area contributed by atoms with Crippen LogP contribution in [0.5, 0.6) is 5.75 Å². The Labute approximate surface area is 193 Å². The van der Waals surface area contributed by atoms with Crippen molar-refractivity contribution in [2.24, 2.45) is 0 Å². The number of alkyl halides is 3. The van der Waals surface area contributed by atoms with E-state index in [9.17, 15) is 18.3 Å². The Morgan fingerprint density at radius 2 is 1.79 bits per heavy atom. The number of para-hydroxylation sites is 2. The fourth-order valence-corrected chi connectivity index (χ4v) is 3.82. The van der Waals surface area contributed by atoms with E-state index < -0.39 is 11.7 Å². The first kappa shape index (κ1) is 22.9. The summed E-state index contributed by atoms with van der Waals surface area (Å²) in [6.07, 6.45) is -4.39. The minimum Gasteiger partial charge on any atom is -0.505 e. The first-order valence-corrected chi connectivity index (χ1v) is 10.7. The monoisotopic (exact) mass is 474 g/mol. The molecule has 0 aliphatic heterocycles. The first-order chi connectivity index (χ1) is 15.8. The molecule has 172 valence electrons. The number of phenols is 1. The minimum absolute atomic E-state index is 0.0495.